The Morgan fingerprint density at radius 2 is 2.33 bits per heavy atom. The van der Waals surface area contributed by atoms with Gasteiger partial charge in [-0.3, -0.25) is 9.59 Å². The highest BCUT2D eigenvalue weighted by molar-refractivity contribution is 6.32. The van der Waals surface area contributed by atoms with Crippen molar-refractivity contribution in [1.82, 2.24) is 15.1 Å². The van der Waals surface area contributed by atoms with E-state index < -0.39 is 0 Å². The molecule has 6 nitrogen and oxygen atoms in total. The van der Waals surface area contributed by atoms with E-state index in [1.54, 1.807) is 6.08 Å². The van der Waals surface area contributed by atoms with Crippen LogP contribution in [0.3, 0.4) is 0 Å². The first-order valence-corrected chi connectivity index (χ1v) is 7.39. The van der Waals surface area contributed by atoms with E-state index in [-0.39, 0.29) is 16.5 Å². The van der Waals surface area contributed by atoms with Crippen molar-refractivity contribution in [2.24, 2.45) is 0 Å². The largest absolute Gasteiger partial charge is 0.382 e. The van der Waals surface area contributed by atoms with Crippen molar-refractivity contribution in [3.05, 3.63) is 34.2 Å². The molecule has 0 saturated heterocycles. The second-order valence-corrected chi connectivity index (χ2v) is 5.40. The number of rotatable bonds is 8. The Hall–Kier alpha value is -1.82. The van der Waals surface area contributed by atoms with Gasteiger partial charge in [0.05, 0.1) is 18.4 Å². The number of carbonyl (C=O) groups excluding carboxylic acids is 1. The topological polar surface area (TPSA) is 76.0 Å². The van der Waals surface area contributed by atoms with Gasteiger partial charge in [0.1, 0.15) is 5.02 Å². The van der Waals surface area contributed by atoms with Gasteiger partial charge in [0.15, 0.2) is 0 Å². The van der Waals surface area contributed by atoms with Crippen molar-refractivity contribution in [2.45, 2.75) is 38.3 Å². The van der Waals surface area contributed by atoms with Crippen LogP contribution in [-0.4, -0.2) is 28.3 Å². The van der Waals surface area contributed by atoms with E-state index in [2.05, 4.69) is 22.3 Å². The molecule has 0 bridgehead atoms. The Morgan fingerprint density at radius 1 is 1.57 bits per heavy atom. The van der Waals surface area contributed by atoms with Crippen LogP contribution in [-0.2, 0) is 11.3 Å². The van der Waals surface area contributed by atoms with Gasteiger partial charge in [0.2, 0.25) is 5.91 Å². The zero-order chi connectivity index (χ0) is 15.2. The first kappa shape index (κ1) is 15.6. The standard InChI is InChI=1S/C14H19ClN4O2/c1-2-8-19-14(21)13(15)11(9-17-19)16-7-3-4-12(20)18-10-5-6-10/h2,9-10,16H,1,3-8H2,(H,18,20). The quantitative estimate of drug-likeness (QED) is 0.564. The number of allylic oxidation sites excluding steroid dienone is 1. The molecule has 0 radical (unpaired) electrons. The lowest BCUT2D eigenvalue weighted by atomic mass is 10.3. The number of nitrogens with zero attached hydrogens (tertiary/aromatic N) is 2. The zero-order valence-corrected chi connectivity index (χ0v) is 12.5. The average Bonchev–Trinajstić information content (AvgIpc) is 3.26. The van der Waals surface area contributed by atoms with Crippen LogP contribution in [0.5, 0.6) is 0 Å². The summed E-state index contributed by atoms with van der Waals surface area (Å²) in [6.07, 6.45) is 6.40. The van der Waals surface area contributed by atoms with Gasteiger partial charge < -0.3 is 10.6 Å². The van der Waals surface area contributed by atoms with Gasteiger partial charge in [-0.15, -0.1) is 6.58 Å². The fraction of sp³-hybridized carbons (Fsp3) is 0.500. The summed E-state index contributed by atoms with van der Waals surface area (Å²) in [7, 11) is 0. The molecule has 2 N–H and O–H groups in total. The van der Waals surface area contributed by atoms with Crippen molar-refractivity contribution >= 4 is 23.2 Å². The lowest BCUT2D eigenvalue weighted by Crippen LogP contribution is -2.26. The summed E-state index contributed by atoms with van der Waals surface area (Å²) >= 11 is 6.00. The van der Waals surface area contributed by atoms with Gasteiger partial charge in [0, 0.05) is 19.0 Å². The molecule has 1 amide bonds. The molecule has 114 valence electrons. The highest BCUT2D eigenvalue weighted by Crippen LogP contribution is 2.19. The molecule has 1 aliphatic carbocycles. The van der Waals surface area contributed by atoms with Gasteiger partial charge in [-0.2, -0.15) is 5.10 Å². The van der Waals surface area contributed by atoms with Crippen molar-refractivity contribution in [2.75, 3.05) is 11.9 Å². The Kier molecular flexibility index (Phi) is 5.38. The third kappa shape index (κ3) is 4.60. The molecule has 1 aliphatic rings. The predicted octanol–water partition coefficient (Wildman–Crippen LogP) is 1.55. The minimum absolute atomic E-state index is 0.0740. The Balaban J connectivity index is 1.79. The number of nitrogens with one attached hydrogen (secondary N) is 2. The van der Waals surface area contributed by atoms with Gasteiger partial charge >= 0.3 is 0 Å². The molecular weight excluding hydrogens is 292 g/mol. The minimum atomic E-state index is -0.354. The third-order valence-electron chi connectivity index (χ3n) is 3.13. The van der Waals surface area contributed by atoms with Crippen molar-refractivity contribution < 1.29 is 4.79 Å². The minimum Gasteiger partial charge on any atom is -0.382 e. The Bertz CT molecular complexity index is 581. The average molecular weight is 311 g/mol. The number of anilines is 1. The van der Waals surface area contributed by atoms with Crippen molar-refractivity contribution in [1.29, 1.82) is 0 Å². The van der Waals surface area contributed by atoms with Gasteiger partial charge in [-0.1, -0.05) is 17.7 Å². The number of aromatic nitrogens is 2. The van der Waals surface area contributed by atoms with Crippen molar-refractivity contribution in [3.8, 4) is 0 Å². The molecule has 7 heteroatoms. The molecule has 1 aromatic rings. The van der Waals surface area contributed by atoms with Crippen LogP contribution < -0.4 is 16.2 Å². The second kappa shape index (κ2) is 7.26. The van der Waals surface area contributed by atoms with Crippen LogP contribution in [0, 0.1) is 0 Å². The predicted molar refractivity (Wildman–Crippen MR) is 82.6 cm³/mol. The maximum absolute atomic E-state index is 11.9. The molecule has 1 aromatic heterocycles. The summed E-state index contributed by atoms with van der Waals surface area (Å²) < 4.78 is 1.24. The lowest BCUT2D eigenvalue weighted by molar-refractivity contribution is -0.121. The number of amides is 1. The van der Waals surface area contributed by atoms with E-state index in [4.69, 9.17) is 11.6 Å². The molecule has 2 rings (SSSR count). The molecule has 0 spiro atoms. The van der Waals surface area contributed by atoms with Gasteiger partial charge in [0.25, 0.3) is 5.56 Å². The van der Waals surface area contributed by atoms with Crippen LogP contribution in [0.25, 0.3) is 0 Å². The van der Waals surface area contributed by atoms with Crippen LogP contribution >= 0.6 is 11.6 Å². The maximum atomic E-state index is 11.9. The molecular formula is C14H19ClN4O2. The van der Waals surface area contributed by atoms with E-state index in [1.165, 1.54) is 10.9 Å². The van der Waals surface area contributed by atoms with E-state index in [0.29, 0.717) is 37.7 Å². The summed E-state index contributed by atoms with van der Waals surface area (Å²) in [5, 5.41) is 10.1. The summed E-state index contributed by atoms with van der Waals surface area (Å²) in [4.78, 5) is 23.4. The number of halogens is 1. The number of hydrogen-bond donors (Lipinski definition) is 2. The molecule has 21 heavy (non-hydrogen) atoms. The monoisotopic (exact) mass is 310 g/mol. The molecule has 0 aliphatic heterocycles. The maximum Gasteiger partial charge on any atom is 0.287 e. The summed E-state index contributed by atoms with van der Waals surface area (Å²) in [5.41, 5.74) is 0.137. The highest BCUT2D eigenvalue weighted by atomic mass is 35.5. The molecule has 1 fully saturated rings. The lowest BCUT2D eigenvalue weighted by Gasteiger charge is -2.09. The van der Waals surface area contributed by atoms with Crippen LogP contribution in [0.1, 0.15) is 25.7 Å². The summed E-state index contributed by atoms with van der Waals surface area (Å²) in [5.74, 6) is 0.0740. The highest BCUT2D eigenvalue weighted by Gasteiger charge is 2.22. The normalized spacial score (nSPS) is 13.8. The summed E-state index contributed by atoms with van der Waals surface area (Å²) in [6.45, 7) is 4.43. The summed E-state index contributed by atoms with van der Waals surface area (Å²) in [6, 6.07) is 0.390. The molecule has 0 atom stereocenters. The van der Waals surface area contributed by atoms with E-state index in [0.717, 1.165) is 12.8 Å². The smallest absolute Gasteiger partial charge is 0.287 e. The Morgan fingerprint density at radius 3 is 3.00 bits per heavy atom. The van der Waals surface area contributed by atoms with Crippen LogP contribution in [0.4, 0.5) is 5.69 Å². The molecule has 0 aromatic carbocycles. The molecule has 0 unspecified atom stereocenters. The number of carbonyl (C=O) groups is 1. The Labute approximate surface area is 128 Å². The van der Waals surface area contributed by atoms with Crippen LogP contribution in [0.15, 0.2) is 23.6 Å². The SMILES string of the molecule is C=CCn1ncc(NCCCC(=O)NC2CC2)c(Cl)c1=O. The first-order chi connectivity index (χ1) is 10.1. The van der Waals surface area contributed by atoms with E-state index in [9.17, 15) is 9.59 Å². The fourth-order valence-electron chi connectivity index (χ4n) is 1.84. The van der Waals surface area contributed by atoms with Crippen LogP contribution in [0.2, 0.25) is 5.02 Å². The fourth-order valence-corrected chi connectivity index (χ4v) is 2.05. The first-order valence-electron chi connectivity index (χ1n) is 7.01. The number of hydrogen-bond acceptors (Lipinski definition) is 4. The van der Waals surface area contributed by atoms with Crippen molar-refractivity contribution in [3.63, 3.8) is 0 Å². The molecule has 1 saturated carbocycles. The van der Waals surface area contributed by atoms with Gasteiger partial charge in [-0.05, 0) is 19.3 Å². The van der Waals surface area contributed by atoms with Gasteiger partial charge in [-0.25, -0.2) is 4.68 Å². The zero-order valence-electron chi connectivity index (χ0n) is 11.8. The third-order valence-corrected chi connectivity index (χ3v) is 3.49. The van der Waals surface area contributed by atoms with E-state index >= 15 is 0 Å². The second-order valence-electron chi connectivity index (χ2n) is 5.02. The molecule has 1 heterocycles. The van der Waals surface area contributed by atoms with E-state index in [1.807, 2.05) is 0 Å².